The van der Waals surface area contributed by atoms with Gasteiger partial charge in [0, 0.05) is 17.8 Å². The molecule has 3 nitrogen and oxygen atoms in total. The summed E-state index contributed by atoms with van der Waals surface area (Å²) in [5.74, 6) is 0. The van der Waals surface area contributed by atoms with Gasteiger partial charge in [0.2, 0.25) is 0 Å². The van der Waals surface area contributed by atoms with Crippen molar-refractivity contribution in [1.82, 2.24) is 9.97 Å². The van der Waals surface area contributed by atoms with Crippen molar-refractivity contribution in [3.05, 3.63) is 66.6 Å². The molecule has 0 amide bonds. The van der Waals surface area contributed by atoms with E-state index in [1.807, 2.05) is 48.5 Å². The van der Waals surface area contributed by atoms with Gasteiger partial charge < -0.3 is 0 Å². The zero-order chi connectivity index (χ0) is 14.9. The van der Waals surface area contributed by atoms with Crippen LogP contribution in [0.25, 0.3) is 10.9 Å². The van der Waals surface area contributed by atoms with Crippen LogP contribution < -0.4 is 0 Å². The van der Waals surface area contributed by atoms with Crippen molar-refractivity contribution in [2.75, 3.05) is 0 Å². The van der Waals surface area contributed by atoms with E-state index < -0.39 is 0 Å². The van der Waals surface area contributed by atoms with Gasteiger partial charge >= 0.3 is 33.0 Å². The molecule has 110 valence electrons. The van der Waals surface area contributed by atoms with Crippen LogP contribution in [0.15, 0.2) is 65.9 Å². The summed E-state index contributed by atoms with van der Waals surface area (Å²) in [7, 11) is 9.40. The molecule has 21 heavy (non-hydrogen) atoms. The first-order valence-corrected chi connectivity index (χ1v) is 8.68. The Morgan fingerprint density at radius 2 is 1.67 bits per heavy atom. The average molecular weight is 363 g/mol. The molecule has 0 atom stereocenters. The van der Waals surface area contributed by atoms with Gasteiger partial charge in [-0.1, -0.05) is 24.3 Å². The fourth-order valence-electron chi connectivity index (χ4n) is 1.78. The van der Waals surface area contributed by atoms with Gasteiger partial charge in [0.25, 0.3) is 0 Å². The first kappa shape index (κ1) is 15.9. The van der Waals surface area contributed by atoms with Gasteiger partial charge in [-0.05, 0) is 24.3 Å². The Morgan fingerprint density at radius 3 is 2.43 bits per heavy atom. The summed E-state index contributed by atoms with van der Waals surface area (Å²) < 4.78 is 0. The number of pyridine rings is 2. The number of para-hydroxylation sites is 1. The van der Waals surface area contributed by atoms with E-state index in [4.69, 9.17) is 20.4 Å². The molecule has 0 saturated heterocycles. The maximum absolute atomic E-state index is 4.70. The van der Waals surface area contributed by atoms with Gasteiger partial charge in [0.15, 0.2) is 0 Å². The minimum atomic E-state index is 0.569. The fourth-order valence-corrected chi connectivity index (χ4v) is 1.78. The van der Waals surface area contributed by atoms with E-state index in [0.29, 0.717) is 12.7 Å². The number of nitrogens with zero attached hydrogens (tertiary/aromatic N) is 3. The molecular weight excluding hydrogens is 352 g/mol. The molecule has 0 fully saturated rings. The van der Waals surface area contributed by atoms with Crippen LogP contribution in [0.4, 0.5) is 5.69 Å². The Hall–Kier alpha value is -1.48. The second-order valence-electron chi connectivity index (χ2n) is 3.91. The molecule has 0 aliphatic carbocycles. The standard InChI is InChI=1S/C15H11N3.2ClH.Ni/c1-2-9-16-13(7-1)11-18-14-8-3-5-12-6-4-10-17-15(12)14;;;/h1-11H;2*1H;/q;;;+2/p-2. The molecule has 3 rings (SSSR count). The van der Waals surface area contributed by atoms with Crippen molar-refractivity contribution in [3.8, 4) is 0 Å². The predicted octanol–water partition coefficient (Wildman–Crippen LogP) is 4.76. The van der Waals surface area contributed by atoms with E-state index in [-0.39, 0.29) is 0 Å². The average Bonchev–Trinajstić information content (AvgIpc) is 2.54. The molecule has 0 aliphatic heterocycles. The summed E-state index contributed by atoms with van der Waals surface area (Å²) in [6.45, 7) is 0. The Kier molecular flexibility index (Phi) is 6.61. The third-order valence-electron chi connectivity index (χ3n) is 2.64. The fraction of sp³-hybridized carbons (Fsp3) is 0. The number of aromatic nitrogens is 2. The third-order valence-corrected chi connectivity index (χ3v) is 2.64. The third kappa shape index (κ3) is 4.78. The Labute approximate surface area is 137 Å². The number of halogens is 2. The van der Waals surface area contributed by atoms with E-state index in [1.165, 1.54) is 0 Å². The molecule has 0 N–H and O–H groups in total. The van der Waals surface area contributed by atoms with Crippen LogP contribution in [0, 0.1) is 0 Å². The van der Waals surface area contributed by atoms with E-state index in [0.717, 1.165) is 22.3 Å². The number of fused-ring (bicyclic) bond motifs is 1. The summed E-state index contributed by atoms with van der Waals surface area (Å²) in [5.41, 5.74) is 2.61. The second-order valence-corrected chi connectivity index (χ2v) is 5.54. The monoisotopic (exact) mass is 361 g/mol. The molecule has 0 saturated carbocycles. The Balaban J connectivity index is 0.000000497. The van der Waals surface area contributed by atoms with E-state index in [1.54, 1.807) is 18.6 Å². The van der Waals surface area contributed by atoms with E-state index >= 15 is 0 Å². The van der Waals surface area contributed by atoms with Crippen LogP contribution in [0.2, 0.25) is 0 Å². The summed E-state index contributed by atoms with van der Waals surface area (Å²) in [5, 5.41) is 1.09. The minimum absolute atomic E-state index is 0.569. The molecule has 0 unspecified atom stereocenters. The predicted molar refractivity (Wildman–Crippen MR) is 84.9 cm³/mol. The number of hydrogen-bond donors (Lipinski definition) is 0. The summed E-state index contributed by atoms with van der Waals surface area (Å²) in [4.78, 5) is 13.0. The normalized spacial score (nSPS) is 10.6. The number of benzene rings is 1. The molecule has 6 heteroatoms. The van der Waals surface area contributed by atoms with Gasteiger partial charge in [0.1, 0.15) is 0 Å². The molecule has 1 aromatic carbocycles. The SMILES string of the molecule is C(=Nc1cccc2cccnc12)c1ccccn1.[Cl][Ni][Cl]. The quantitative estimate of drug-likeness (QED) is 0.487. The van der Waals surface area contributed by atoms with Crippen LogP contribution in [-0.4, -0.2) is 16.2 Å². The second kappa shape index (κ2) is 8.73. The van der Waals surface area contributed by atoms with Crippen LogP contribution in [0.5, 0.6) is 0 Å². The maximum atomic E-state index is 4.70. The molecule has 2 aromatic heterocycles. The van der Waals surface area contributed by atoms with Crippen LogP contribution in [0.1, 0.15) is 5.69 Å². The molecule has 0 radical (unpaired) electrons. The first-order chi connectivity index (χ1) is 10.3. The molecular formula is C15H11Cl2N3Ni. The molecule has 2 heterocycles. The topological polar surface area (TPSA) is 38.1 Å². The summed E-state index contributed by atoms with van der Waals surface area (Å²) in [6.07, 6.45) is 5.29. The van der Waals surface area contributed by atoms with Gasteiger partial charge in [0.05, 0.1) is 23.1 Å². The Morgan fingerprint density at radius 1 is 0.905 bits per heavy atom. The number of aliphatic imine (C=N–C) groups is 1. The first-order valence-electron chi connectivity index (χ1n) is 5.96. The van der Waals surface area contributed by atoms with Gasteiger partial charge in [-0.3, -0.25) is 15.0 Å². The van der Waals surface area contributed by atoms with Gasteiger partial charge in [-0.2, -0.15) is 0 Å². The Bertz CT molecular complexity index is 715. The number of hydrogen-bond acceptors (Lipinski definition) is 3. The zero-order valence-corrected chi connectivity index (χ0v) is 13.3. The molecule has 3 aromatic rings. The summed E-state index contributed by atoms with van der Waals surface area (Å²) in [6, 6.07) is 15.7. The number of rotatable bonds is 2. The van der Waals surface area contributed by atoms with Crippen molar-refractivity contribution >= 4 is 43.2 Å². The van der Waals surface area contributed by atoms with Crippen LogP contribution >= 0.6 is 20.4 Å². The van der Waals surface area contributed by atoms with Gasteiger partial charge in [-0.15, -0.1) is 0 Å². The van der Waals surface area contributed by atoms with Gasteiger partial charge in [-0.25, -0.2) is 0 Å². The summed E-state index contributed by atoms with van der Waals surface area (Å²) >= 11 is 0.569. The molecule has 0 bridgehead atoms. The van der Waals surface area contributed by atoms with Crippen molar-refractivity contribution < 1.29 is 12.7 Å². The van der Waals surface area contributed by atoms with Crippen LogP contribution in [-0.2, 0) is 12.7 Å². The van der Waals surface area contributed by atoms with Crippen molar-refractivity contribution in [2.24, 2.45) is 4.99 Å². The van der Waals surface area contributed by atoms with E-state index in [9.17, 15) is 0 Å². The molecule has 0 spiro atoms. The van der Waals surface area contributed by atoms with Crippen molar-refractivity contribution in [1.29, 1.82) is 0 Å². The van der Waals surface area contributed by atoms with Crippen molar-refractivity contribution in [2.45, 2.75) is 0 Å². The van der Waals surface area contributed by atoms with E-state index in [2.05, 4.69) is 15.0 Å². The van der Waals surface area contributed by atoms with Crippen molar-refractivity contribution in [3.63, 3.8) is 0 Å². The molecule has 0 aliphatic rings. The van der Waals surface area contributed by atoms with Crippen LogP contribution in [0.3, 0.4) is 0 Å². The zero-order valence-electron chi connectivity index (χ0n) is 10.8.